The Morgan fingerprint density at radius 1 is 0.979 bits per heavy atom. The predicted molar refractivity (Wildman–Crippen MR) is 180 cm³/mol. The maximum atomic E-state index is 13.9. The summed E-state index contributed by atoms with van der Waals surface area (Å²) in [4.78, 5) is 40.8. The molecule has 2 aromatic carbocycles. The average molecular weight is 638 g/mol. The molecular formula is C37H43N5O5. The number of carbonyl (C=O) groups excluding carboxylic acids is 2. The van der Waals surface area contributed by atoms with Gasteiger partial charge >= 0.3 is 6.09 Å². The van der Waals surface area contributed by atoms with Crippen molar-refractivity contribution in [1.82, 2.24) is 20.2 Å². The number of carbonyl (C=O) groups is 2. The lowest BCUT2D eigenvalue weighted by molar-refractivity contribution is -0.153. The number of aromatic nitrogens is 2. The SMILES string of the molecule is COC(=O)N[C@H](C(=O)N1CC2(C[C@H]1C1=NC=C(c3ccc(-c4ccc(-c5cnc(C6CCCC6)[nH]5)cc4)cc3)C1)OCCO2)C(C)C. The van der Waals surface area contributed by atoms with E-state index in [0.717, 1.165) is 45.1 Å². The molecule has 1 aliphatic carbocycles. The fourth-order valence-corrected chi connectivity index (χ4v) is 7.39. The van der Waals surface area contributed by atoms with Crippen molar-refractivity contribution in [2.45, 2.75) is 76.2 Å². The standard InChI is InChI=1S/C37H43N5O5/c1-23(2)33(41-36(44)45-3)35(43)42-22-37(46-16-17-47-37)19-32(42)30-18-29(20-38-30)26-10-8-24(9-11-26)25-12-14-27(15-13-25)31-21-39-34(40-31)28-6-4-5-7-28/h8-15,20-21,23,28,32-33H,4-7,16-19,22H2,1-3H3,(H,39,40)(H,41,44)/t32-,33-/m0/s1. The number of hydrogen-bond acceptors (Lipinski definition) is 7. The van der Waals surface area contributed by atoms with Crippen molar-refractivity contribution in [3.05, 3.63) is 72.3 Å². The Kier molecular flexibility index (Phi) is 8.72. The summed E-state index contributed by atoms with van der Waals surface area (Å²) in [6.07, 6.45) is 9.38. The maximum Gasteiger partial charge on any atom is 0.407 e. The molecule has 2 amide bonds. The number of rotatable bonds is 8. The monoisotopic (exact) mass is 637 g/mol. The topological polar surface area (TPSA) is 118 Å². The van der Waals surface area contributed by atoms with Gasteiger partial charge in [0.05, 0.1) is 44.8 Å². The zero-order valence-corrected chi connectivity index (χ0v) is 27.3. The molecule has 246 valence electrons. The quantitative estimate of drug-likeness (QED) is 0.299. The van der Waals surface area contributed by atoms with E-state index >= 15 is 0 Å². The van der Waals surface area contributed by atoms with Crippen LogP contribution in [0, 0.1) is 5.92 Å². The molecule has 10 heteroatoms. The highest BCUT2D eigenvalue weighted by Crippen LogP contribution is 2.39. The maximum absolute atomic E-state index is 13.9. The second-order valence-electron chi connectivity index (χ2n) is 13.4. The van der Waals surface area contributed by atoms with Gasteiger partial charge in [0.1, 0.15) is 11.9 Å². The number of H-pyrrole nitrogens is 1. The van der Waals surface area contributed by atoms with E-state index in [1.165, 1.54) is 32.8 Å². The molecule has 1 spiro atoms. The van der Waals surface area contributed by atoms with Crippen molar-refractivity contribution in [3.63, 3.8) is 0 Å². The molecule has 7 rings (SSSR count). The van der Waals surface area contributed by atoms with Crippen molar-refractivity contribution >= 4 is 23.3 Å². The number of alkyl carbamates (subject to hydrolysis) is 1. The number of benzene rings is 2. The van der Waals surface area contributed by atoms with Crippen molar-refractivity contribution in [1.29, 1.82) is 0 Å². The molecule has 0 bridgehead atoms. The molecular weight excluding hydrogens is 594 g/mol. The molecule has 3 aliphatic heterocycles. The Morgan fingerprint density at radius 3 is 2.26 bits per heavy atom. The summed E-state index contributed by atoms with van der Waals surface area (Å²) in [5, 5.41) is 2.72. The second kappa shape index (κ2) is 13.1. The van der Waals surface area contributed by atoms with Crippen LogP contribution in [0.2, 0.25) is 0 Å². The van der Waals surface area contributed by atoms with Crippen molar-refractivity contribution < 1.29 is 23.8 Å². The smallest absolute Gasteiger partial charge is 0.407 e. The molecule has 2 atom stereocenters. The average Bonchev–Trinajstić information content (AvgIpc) is 3.94. The lowest BCUT2D eigenvalue weighted by atomic mass is 9.95. The van der Waals surface area contributed by atoms with E-state index in [-0.39, 0.29) is 24.4 Å². The van der Waals surface area contributed by atoms with Crippen LogP contribution in [0.3, 0.4) is 0 Å². The molecule has 0 radical (unpaired) electrons. The first kappa shape index (κ1) is 31.3. The molecule has 2 N–H and O–H groups in total. The van der Waals surface area contributed by atoms with Crippen molar-refractivity contribution in [2.24, 2.45) is 10.9 Å². The Bertz CT molecular complexity index is 1660. The number of aromatic amines is 1. The van der Waals surface area contributed by atoms with Crippen LogP contribution < -0.4 is 5.32 Å². The van der Waals surface area contributed by atoms with Crippen LogP contribution in [0.5, 0.6) is 0 Å². The molecule has 1 aromatic heterocycles. The lowest BCUT2D eigenvalue weighted by Gasteiger charge is -2.31. The van der Waals surface area contributed by atoms with Crippen LogP contribution in [0.4, 0.5) is 4.79 Å². The summed E-state index contributed by atoms with van der Waals surface area (Å²) in [6, 6.07) is 16.1. The molecule has 3 aromatic rings. The van der Waals surface area contributed by atoms with Gasteiger partial charge in [-0.3, -0.25) is 9.79 Å². The summed E-state index contributed by atoms with van der Waals surface area (Å²) in [5.41, 5.74) is 7.56. The minimum absolute atomic E-state index is 0.141. The summed E-state index contributed by atoms with van der Waals surface area (Å²) in [5.74, 6) is 0.494. The molecule has 47 heavy (non-hydrogen) atoms. The number of aliphatic imine (C=N–C) groups is 1. The van der Waals surface area contributed by atoms with Crippen LogP contribution in [0.1, 0.15) is 69.7 Å². The summed E-state index contributed by atoms with van der Waals surface area (Å²) < 4.78 is 16.9. The minimum atomic E-state index is -0.856. The summed E-state index contributed by atoms with van der Waals surface area (Å²) in [6.45, 7) is 5.06. The van der Waals surface area contributed by atoms with E-state index in [1.54, 1.807) is 4.90 Å². The number of nitrogens with one attached hydrogen (secondary N) is 2. The zero-order chi connectivity index (χ0) is 32.5. The fraction of sp³-hybridized carbons (Fsp3) is 0.459. The van der Waals surface area contributed by atoms with E-state index in [2.05, 4.69) is 63.8 Å². The lowest BCUT2D eigenvalue weighted by Crippen LogP contribution is -2.54. The van der Waals surface area contributed by atoms with Crippen LogP contribution in [0.25, 0.3) is 28.0 Å². The molecule has 4 aliphatic rings. The van der Waals surface area contributed by atoms with Gasteiger partial charge in [0, 0.05) is 30.7 Å². The molecule has 1 saturated carbocycles. The molecule has 4 heterocycles. The van der Waals surface area contributed by atoms with E-state index in [0.29, 0.717) is 32.0 Å². The largest absolute Gasteiger partial charge is 0.453 e. The third-order valence-corrected chi connectivity index (χ3v) is 10.0. The Labute approximate surface area is 275 Å². The third-order valence-electron chi connectivity index (χ3n) is 10.0. The molecule has 3 fully saturated rings. The van der Waals surface area contributed by atoms with Gasteiger partial charge in [0.25, 0.3) is 0 Å². The van der Waals surface area contributed by atoms with Crippen LogP contribution in [-0.2, 0) is 19.0 Å². The summed E-state index contributed by atoms with van der Waals surface area (Å²) >= 11 is 0. The first-order chi connectivity index (χ1) is 22.8. The fourth-order valence-electron chi connectivity index (χ4n) is 7.39. The van der Waals surface area contributed by atoms with Gasteiger partial charge in [0.2, 0.25) is 5.91 Å². The molecule has 10 nitrogen and oxygen atoms in total. The van der Waals surface area contributed by atoms with E-state index in [1.807, 2.05) is 26.2 Å². The molecule has 2 saturated heterocycles. The number of likely N-dealkylation sites (tertiary alicyclic amines) is 1. The Balaban J connectivity index is 1.02. The van der Waals surface area contributed by atoms with Crippen molar-refractivity contribution in [3.8, 4) is 22.4 Å². The highest BCUT2D eigenvalue weighted by atomic mass is 16.7. The highest BCUT2D eigenvalue weighted by molar-refractivity contribution is 6.04. The van der Waals surface area contributed by atoms with Gasteiger partial charge in [0.15, 0.2) is 5.79 Å². The number of nitrogens with zero attached hydrogens (tertiary/aromatic N) is 3. The van der Waals surface area contributed by atoms with Gasteiger partial charge < -0.3 is 29.4 Å². The Hall–Kier alpha value is -4.28. The first-order valence-electron chi connectivity index (χ1n) is 16.8. The number of amides is 2. The number of allylic oxidation sites excluding steroid dienone is 1. The van der Waals surface area contributed by atoms with E-state index < -0.39 is 17.9 Å². The van der Waals surface area contributed by atoms with Gasteiger partial charge in [-0.1, -0.05) is 75.2 Å². The minimum Gasteiger partial charge on any atom is -0.453 e. The third kappa shape index (κ3) is 6.36. The number of ether oxygens (including phenoxy) is 3. The van der Waals surface area contributed by atoms with Gasteiger partial charge in [-0.2, -0.15) is 0 Å². The second-order valence-corrected chi connectivity index (χ2v) is 13.4. The molecule has 0 unspecified atom stereocenters. The highest BCUT2D eigenvalue weighted by Gasteiger charge is 2.53. The first-order valence-corrected chi connectivity index (χ1v) is 16.8. The number of hydrogen-bond donors (Lipinski definition) is 2. The predicted octanol–water partition coefficient (Wildman–Crippen LogP) is 6.31. The van der Waals surface area contributed by atoms with Gasteiger partial charge in [-0.15, -0.1) is 0 Å². The zero-order valence-electron chi connectivity index (χ0n) is 27.3. The van der Waals surface area contributed by atoms with Crippen LogP contribution in [-0.4, -0.2) is 77.3 Å². The summed E-state index contributed by atoms with van der Waals surface area (Å²) in [7, 11) is 1.29. The van der Waals surface area contributed by atoms with E-state index in [9.17, 15) is 9.59 Å². The van der Waals surface area contributed by atoms with E-state index in [4.69, 9.17) is 19.2 Å². The van der Waals surface area contributed by atoms with Crippen LogP contribution in [0.15, 0.2) is 65.9 Å². The van der Waals surface area contributed by atoms with Crippen molar-refractivity contribution in [2.75, 3.05) is 26.9 Å². The van der Waals surface area contributed by atoms with Crippen LogP contribution >= 0.6 is 0 Å². The number of imidazole rings is 1. The van der Waals surface area contributed by atoms with Gasteiger partial charge in [-0.05, 0) is 46.6 Å². The normalized spacial score (nSPS) is 21.4. The number of methoxy groups -OCH3 is 1. The van der Waals surface area contributed by atoms with Gasteiger partial charge in [-0.25, -0.2) is 9.78 Å². The Morgan fingerprint density at radius 2 is 1.62 bits per heavy atom.